The SMILES string of the molecule is CC[C@]12c3c4ccc(OCc5ccccc5)c3OC1C(=O)CC[C@@]2(O)[C@H](NCC1CC1)C4. The fourth-order valence-corrected chi connectivity index (χ4v) is 6.45. The zero-order valence-electron chi connectivity index (χ0n) is 18.6. The molecule has 5 heteroatoms. The third-order valence-corrected chi connectivity index (χ3v) is 8.30. The van der Waals surface area contributed by atoms with Gasteiger partial charge in [0, 0.05) is 18.0 Å². The highest BCUT2D eigenvalue weighted by molar-refractivity contribution is 5.89. The van der Waals surface area contributed by atoms with Crippen LogP contribution in [0.15, 0.2) is 42.5 Å². The van der Waals surface area contributed by atoms with Crippen LogP contribution in [0.3, 0.4) is 0 Å². The van der Waals surface area contributed by atoms with Crippen molar-refractivity contribution in [3.05, 3.63) is 59.2 Å². The number of carbonyl (C=O) groups is 1. The summed E-state index contributed by atoms with van der Waals surface area (Å²) in [5.41, 5.74) is 1.53. The van der Waals surface area contributed by atoms with Crippen molar-refractivity contribution in [2.75, 3.05) is 6.54 Å². The van der Waals surface area contributed by atoms with E-state index in [9.17, 15) is 9.90 Å². The highest BCUT2D eigenvalue weighted by atomic mass is 16.5. The lowest BCUT2D eigenvalue weighted by Gasteiger charge is -2.56. The first-order valence-electron chi connectivity index (χ1n) is 12.0. The van der Waals surface area contributed by atoms with Gasteiger partial charge in [-0.1, -0.05) is 43.3 Å². The summed E-state index contributed by atoms with van der Waals surface area (Å²) in [5, 5.41) is 16.0. The Morgan fingerprint density at radius 3 is 2.75 bits per heavy atom. The molecule has 2 N–H and O–H groups in total. The van der Waals surface area contributed by atoms with E-state index in [1.165, 1.54) is 18.4 Å². The third kappa shape index (κ3) is 2.80. The summed E-state index contributed by atoms with van der Waals surface area (Å²) in [7, 11) is 0. The lowest BCUT2D eigenvalue weighted by molar-refractivity contribution is -0.159. The van der Waals surface area contributed by atoms with E-state index in [0.29, 0.717) is 37.4 Å². The number of Topliss-reactive ketones (excluding diaryl/α,β-unsaturated/α-hetero) is 1. The van der Waals surface area contributed by atoms with E-state index in [-0.39, 0.29) is 11.8 Å². The Morgan fingerprint density at radius 2 is 2.00 bits per heavy atom. The molecule has 168 valence electrons. The maximum atomic E-state index is 13.1. The summed E-state index contributed by atoms with van der Waals surface area (Å²) in [5.74, 6) is 2.15. The molecular formula is C27H31NO4. The van der Waals surface area contributed by atoms with Gasteiger partial charge in [-0.15, -0.1) is 0 Å². The molecule has 1 unspecified atom stereocenters. The van der Waals surface area contributed by atoms with E-state index in [2.05, 4.69) is 18.3 Å². The Kier molecular flexibility index (Phi) is 4.63. The lowest BCUT2D eigenvalue weighted by atomic mass is 9.51. The Bertz CT molecular complexity index is 1050. The monoisotopic (exact) mass is 433 g/mol. The van der Waals surface area contributed by atoms with E-state index in [1.807, 2.05) is 36.4 Å². The summed E-state index contributed by atoms with van der Waals surface area (Å²) in [6, 6.07) is 14.1. The van der Waals surface area contributed by atoms with Gasteiger partial charge < -0.3 is 19.9 Å². The van der Waals surface area contributed by atoms with Crippen LogP contribution in [-0.4, -0.2) is 35.2 Å². The van der Waals surface area contributed by atoms with E-state index in [1.54, 1.807) is 0 Å². The van der Waals surface area contributed by atoms with Crippen molar-refractivity contribution in [2.45, 2.75) is 75.2 Å². The van der Waals surface area contributed by atoms with Crippen molar-refractivity contribution in [1.82, 2.24) is 5.32 Å². The van der Waals surface area contributed by atoms with Gasteiger partial charge in [-0.2, -0.15) is 0 Å². The van der Waals surface area contributed by atoms with Crippen LogP contribution in [0.5, 0.6) is 11.5 Å². The molecule has 0 radical (unpaired) electrons. The summed E-state index contributed by atoms with van der Waals surface area (Å²) in [6.07, 6.45) is 4.13. The number of hydrogen-bond donors (Lipinski definition) is 2. The van der Waals surface area contributed by atoms with Crippen molar-refractivity contribution in [3.63, 3.8) is 0 Å². The molecular weight excluding hydrogens is 402 g/mol. The fourth-order valence-electron chi connectivity index (χ4n) is 6.45. The van der Waals surface area contributed by atoms with Crippen molar-refractivity contribution in [1.29, 1.82) is 0 Å². The van der Waals surface area contributed by atoms with E-state index in [4.69, 9.17) is 9.47 Å². The second-order valence-corrected chi connectivity index (χ2v) is 10.0. The van der Waals surface area contributed by atoms with Crippen LogP contribution in [0.1, 0.15) is 55.7 Å². The van der Waals surface area contributed by atoms with Gasteiger partial charge in [0.15, 0.2) is 23.4 Å². The molecule has 3 aliphatic carbocycles. The molecule has 0 spiro atoms. The molecule has 0 amide bonds. The van der Waals surface area contributed by atoms with Gasteiger partial charge in [0.1, 0.15) is 6.61 Å². The summed E-state index contributed by atoms with van der Waals surface area (Å²) in [6.45, 7) is 3.45. The maximum Gasteiger partial charge on any atom is 0.174 e. The molecule has 0 saturated heterocycles. The predicted octanol–water partition coefficient (Wildman–Crippen LogP) is 3.69. The average Bonchev–Trinajstić information content (AvgIpc) is 3.57. The fraction of sp³-hybridized carbons (Fsp3) is 0.519. The molecule has 0 aromatic heterocycles. The largest absolute Gasteiger partial charge is 0.485 e. The minimum atomic E-state index is -1.01. The van der Waals surface area contributed by atoms with Crippen LogP contribution in [0.25, 0.3) is 0 Å². The second-order valence-electron chi connectivity index (χ2n) is 10.0. The number of benzene rings is 2. The molecule has 4 aliphatic rings. The first kappa shape index (κ1) is 20.3. The summed E-state index contributed by atoms with van der Waals surface area (Å²) in [4.78, 5) is 13.1. The molecule has 4 atom stereocenters. The Labute approximate surface area is 189 Å². The summed E-state index contributed by atoms with van der Waals surface area (Å²) < 4.78 is 12.6. The molecule has 1 heterocycles. The quantitative estimate of drug-likeness (QED) is 0.697. The predicted molar refractivity (Wildman–Crippen MR) is 121 cm³/mol. The molecule has 32 heavy (non-hydrogen) atoms. The Hall–Kier alpha value is -2.37. The van der Waals surface area contributed by atoms with Gasteiger partial charge in [-0.3, -0.25) is 4.79 Å². The van der Waals surface area contributed by atoms with Gasteiger partial charge in [0.2, 0.25) is 0 Å². The van der Waals surface area contributed by atoms with Crippen LogP contribution in [-0.2, 0) is 23.2 Å². The number of aliphatic hydroxyl groups is 1. The maximum absolute atomic E-state index is 13.1. The zero-order chi connectivity index (χ0) is 21.9. The zero-order valence-corrected chi connectivity index (χ0v) is 18.6. The van der Waals surface area contributed by atoms with E-state index < -0.39 is 17.1 Å². The molecule has 2 fully saturated rings. The van der Waals surface area contributed by atoms with Crippen LogP contribution < -0.4 is 14.8 Å². The number of rotatable bonds is 7. The molecule has 1 aliphatic heterocycles. The Morgan fingerprint density at radius 1 is 1.19 bits per heavy atom. The normalized spacial score (nSPS) is 32.4. The molecule has 6 rings (SSSR count). The van der Waals surface area contributed by atoms with Crippen molar-refractivity contribution < 1.29 is 19.4 Å². The molecule has 2 saturated carbocycles. The molecule has 2 aromatic carbocycles. The van der Waals surface area contributed by atoms with Crippen molar-refractivity contribution in [2.24, 2.45) is 5.92 Å². The number of carbonyl (C=O) groups excluding carboxylic acids is 1. The van der Waals surface area contributed by atoms with Gasteiger partial charge in [0.25, 0.3) is 0 Å². The number of ketones is 1. The Balaban J connectivity index is 1.42. The summed E-state index contributed by atoms with van der Waals surface area (Å²) >= 11 is 0. The first-order valence-corrected chi connectivity index (χ1v) is 12.0. The third-order valence-electron chi connectivity index (χ3n) is 8.30. The van der Waals surface area contributed by atoms with Crippen LogP contribution >= 0.6 is 0 Å². The van der Waals surface area contributed by atoms with Gasteiger partial charge in [0.05, 0.1) is 11.0 Å². The molecule has 0 bridgehead atoms. The smallest absolute Gasteiger partial charge is 0.174 e. The topological polar surface area (TPSA) is 67.8 Å². The standard InChI is InChI=1S/C27H31NO4/c1-2-26-23-19-10-11-21(31-16-18-6-4-3-5-7-18)24(23)32-25(26)20(29)12-13-27(26,30)22(14-19)28-15-17-8-9-17/h3-7,10-11,17,22,25,28,30H,2,8-9,12-16H2,1H3/t22-,25?,26+,27-/m1/s1. The van der Waals surface area contributed by atoms with Crippen LogP contribution in [0, 0.1) is 5.92 Å². The number of hydrogen-bond acceptors (Lipinski definition) is 5. The molecule has 5 nitrogen and oxygen atoms in total. The average molecular weight is 434 g/mol. The van der Waals surface area contributed by atoms with Crippen LogP contribution in [0.4, 0.5) is 0 Å². The van der Waals surface area contributed by atoms with Gasteiger partial charge in [-0.05, 0) is 61.8 Å². The van der Waals surface area contributed by atoms with Crippen LogP contribution in [0.2, 0.25) is 0 Å². The lowest BCUT2D eigenvalue weighted by Crippen LogP contribution is -2.72. The number of ether oxygens (including phenoxy) is 2. The van der Waals surface area contributed by atoms with Crippen molar-refractivity contribution in [3.8, 4) is 11.5 Å². The van der Waals surface area contributed by atoms with Gasteiger partial charge >= 0.3 is 0 Å². The van der Waals surface area contributed by atoms with E-state index in [0.717, 1.165) is 30.0 Å². The van der Waals surface area contributed by atoms with E-state index >= 15 is 0 Å². The number of nitrogens with one attached hydrogen (secondary N) is 1. The van der Waals surface area contributed by atoms with Crippen molar-refractivity contribution >= 4 is 5.78 Å². The minimum absolute atomic E-state index is 0.0724. The highest BCUT2D eigenvalue weighted by Gasteiger charge is 2.70. The highest BCUT2D eigenvalue weighted by Crippen LogP contribution is 2.62. The minimum Gasteiger partial charge on any atom is -0.485 e. The first-order chi connectivity index (χ1) is 15.6. The van der Waals surface area contributed by atoms with Gasteiger partial charge in [-0.25, -0.2) is 0 Å². The molecule has 2 aromatic rings. The second kappa shape index (κ2) is 7.32.